The van der Waals surface area contributed by atoms with Crippen molar-refractivity contribution in [3.63, 3.8) is 0 Å². The number of nitrogens with one attached hydrogen (secondary N) is 1. The molecule has 2 N–H and O–H groups in total. The zero-order valence-corrected chi connectivity index (χ0v) is 13.0. The molecule has 23 heavy (non-hydrogen) atoms. The van der Waals surface area contributed by atoms with Gasteiger partial charge in [0, 0.05) is 0 Å². The lowest BCUT2D eigenvalue weighted by atomic mass is 10.2. The second kappa shape index (κ2) is 5.94. The minimum Gasteiger partial charge on any atom is -0.465 e. The number of carboxylic acid groups (broad SMARTS) is 1. The molecule has 0 bridgehead atoms. The first-order chi connectivity index (χ1) is 11.0. The molecule has 0 saturated heterocycles. The van der Waals surface area contributed by atoms with Crippen molar-refractivity contribution >= 4 is 40.8 Å². The molecule has 2 heterocycles. The van der Waals surface area contributed by atoms with Crippen molar-refractivity contribution in [1.82, 2.24) is 14.0 Å². The van der Waals surface area contributed by atoms with Crippen molar-refractivity contribution in [2.75, 3.05) is 5.32 Å². The maximum Gasteiger partial charge on any atom is 0.410 e. The van der Waals surface area contributed by atoms with Crippen LogP contribution < -0.4 is 11.0 Å². The summed E-state index contributed by atoms with van der Waals surface area (Å²) in [5.74, 6) is 0.133. The Bertz CT molecular complexity index is 964. The van der Waals surface area contributed by atoms with E-state index in [1.165, 1.54) is 21.4 Å². The van der Waals surface area contributed by atoms with Gasteiger partial charge in [0.05, 0.1) is 16.6 Å². The molecule has 0 unspecified atom stereocenters. The number of hydrogen-bond acceptors (Lipinski definition) is 3. The molecule has 0 aliphatic heterocycles. The highest BCUT2D eigenvalue weighted by Crippen LogP contribution is 2.22. The van der Waals surface area contributed by atoms with Gasteiger partial charge in [0.15, 0.2) is 0 Å². The largest absolute Gasteiger partial charge is 0.465 e. The van der Waals surface area contributed by atoms with Gasteiger partial charge in [-0.3, -0.25) is 9.88 Å². The van der Waals surface area contributed by atoms with Gasteiger partial charge < -0.3 is 5.11 Å². The molecule has 3 rings (SSSR count). The summed E-state index contributed by atoms with van der Waals surface area (Å²) in [6, 6.07) is 8.07. The zero-order valence-electron chi connectivity index (χ0n) is 11.5. The molecule has 9 heteroatoms. The van der Waals surface area contributed by atoms with Crippen molar-refractivity contribution in [2.45, 2.75) is 6.54 Å². The van der Waals surface area contributed by atoms with Crippen molar-refractivity contribution in [3.05, 3.63) is 62.8 Å². The first kappa shape index (κ1) is 15.4. The van der Waals surface area contributed by atoms with Crippen LogP contribution in [0.4, 0.5) is 10.6 Å². The van der Waals surface area contributed by atoms with Gasteiger partial charge in [-0.25, -0.2) is 19.0 Å². The molecule has 3 aromatic rings. The molecule has 0 aliphatic carbocycles. The Kier molecular flexibility index (Phi) is 3.97. The normalized spacial score (nSPS) is 10.9. The minimum atomic E-state index is -1.26. The lowest BCUT2D eigenvalue weighted by molar-refractivity contribution is 0.209. The highest BCUT2D eigenvalue weighted by atomic mass is 35.5. The number of hydrogen-bond donors (Lipinski definition) is 2. The number of amides is 1. The highest BCUT2D eigenvalue weighted by Gasteiger charge is 2.11. The molecular formula is C14H10Cl2N4O3. The van der Waals surface area contributed by atoms with Crippen LogP contribution in [0, 0.1) is 0 Å². The van der Waals surface area contributed by atoms with Gasteiger partial charge in [0.25, 0.3) is 0 Å². The van der Waals surface area contributed by atoms with E-state index in [0.29, 0.717) is 15.7 Å². The van der Waals surface area contributed by atoms with Gasteiger partial charge in [-0.2, -0.15) is 0 Å². The van der Waals surface area contributed by atoms with Crippen LogP contribution in [0.3, 0.4) is 0 Å². The second-order valence-electron chi connectivity index (χ2n) is 4.75. The Morgan fingerprint density at radius 3 is 2.70 bits per heavy atom. The number of fused-ring (bicyclic) bond motifs is 1. The van der Waals surface area contributed by atoms with E-state index >= 15 is 0 Å². The predicted octanol–water partition coefficient (Wildman–Crippen LogP) is 2.94. The lowest BCUT2D eigenvalue weighted by Gasteiger charge is -2.08. The third-order valence-corrected chi connectivity index (χ3v) is 3.94. The molecule has 0 aliphatic rings. The smallest absolute Gasteiger partial charge is 0.410 e. The fourth-order valence-corrected chi connectivity index (χ4v) is 2.51. The van der Waals surface area contributed by atoms with Gasteiger partial charge >= 0.3 is 11.8 Å². The summed E-state index contributed by atoms with van der Waals surface area (Å²) in [6.07, 6.45) is 0.134. The van der Waals surface area contributed by atoms with Gasteiger partial charge in [-0.15, -0.1) is 0 Å². The second-order valence-corrected chi connectivity index (χ2v) is 5.56. The van der Waals surface area contributed by atoms with Crippen LogP contribution in [0.25, 0.3) is 5.65 Å². The molecule has 0 spiro atoms. The van der Waals surface area contributed by atoms with Crippen LogP contribution in [-0.4, -0.2) is 25.2 Å². The number of nitrogens with zero attached hydrogens (tertiary/aromatic N) is 3. The average molecular weight is 353 g/mol. The summed E-state index contributed by atoms with van der Waals surface area (Å²) in [6.45, 7) is 0.226. The number of benzene rings is 1. The number of halogens is 2. The molecule has 0 atom stereocenters. The van der Waals surface area contributed by atoms with Gasteiger partial charge in [0.2, 0.25) is 0 Å². The Morgan fingerprint density at radius 2 is 2.00 bits per heavy atom. The van der Waals surface area contributed by atoms with E-state index in [1.54, 1.807) is 24.3 Å². The van der Waals surface area contributed by atoms with Crippen LogP contribution in [-0.2, 0) is 6.54 Å². The SMILES string of the molecule is O=C(O)Nc1ccc2ncn(Cc3ccc(Cl)c(Cl)c3)c(=O)n12. The Labute approximate surface area is 139 Å². The summed E-state index contributed by atoms with van der Waals surface area (Å²) < 4.78 is 2.53. The van der Waals surface area contributed by atoms with Crippen LogP contribution in [0.5, 0.6) is 0 Å². The summed E-state index contributed by atoms with van der Waals surface area (Å²) in [5.41, 5.74) is 0.696. The summed E-state index contributed by atoms with van der Waals surface area (Å²) in [4.78, 5) is 27.5. The monoisotopic (exact) mass is 352 g/mol. The standard InChI is InChI=1S/C14H10Cl2N4O3/c15-9-2-1-8(5-10(9)16)6-19-7-17-11-3-4-12(18-13(21)22)20(11)14(19)23/h1-5,7,18H,6H2,(H,21,22). The third-order valence-electron chi connectivity index (χ3n) is 3.20. The zero-order chi connectivity index (χ0) is 16.6. The minimum absolute atomic E-state index is 0.133. The van der Waals surface area contributed by atoms with Gasteiger partial charge in [-0.05, 0) is 29.8 Å². The van der Waals surface area contributed by atoms with E-state index in [9.17, 15) is 9.59 Å². The number of aromatic nitrogens is 3. The van der Waals surface area contributed by atoms with Crippen LogP contribution in [0.2, 0.25) is 10.0 Å². The van der Waals surface area contributed by atoms with Crippen LogP contribution >= 0.6 is 23.2 Å². The van der Waals surface area contributed by atoms with E-state index in [1.807, 2.05) is 0 Å². The number of rotatable bonds is 3. The van der Waals surface area contributed by atoms with Crippen molar-refractivity contribution in [1.29, 1.82) is 0 Å². The Balaban J connectivity index is 2.04. The Morgan fingerprint density at radius 1 is 1.22 bits per heavy atom. The third kappa shape index (κ3) is 3.01. The van der Waals surface area contributed by atoms with Gasteiger partial charge in [0.1, 0.15) is 17.8 Å². The molecule has 1 amide bonds. The van der Waals surface area contributed by atoms with E-state index < -0.39 is 11.8 Å². The first-order valence-electron chi connectivity index (χ1n) is 6.46. The predicted molar refractivity (Wildman–Crippen MR) is 86.7 cm³/mol. The van der Waals surface area contributed by atoms with Crippen LogP contribution in [0.15, 0.2) is 41.5 Å². The Hall–Kier alpha value is -2.51. The molecule has 7 nitrogen and oxygen atoms in total. The van der Waals surface area contributed by atoms with Crippen molar-refractivity contribution in [3.8, 4) is 0 Å². The van der Waals surface area contributed by atoms with E-state index in [0.717, 1.165) is 5.56 Å². The van der Waals surface area contributed by atoms with E-state index in [4.69, 9.17) is 28.3 Å². The topological polar surface area (TPSA) is 88.6 Å². The fraction of sp³-hybridized carbons (Fsp3) is 0.0714. The molecular weight excluding hydrogens is 343 g/mol. The molecule has 1 aromatic carbocycles. The fourth-order valence-electron chi connectivity index (χ4n) is 2.18. The molecule has 0 fully saturated rings. The molecule has 118 valence electrons. The lowest BCUT2D eigenvalue weighted by Crippen LogP contribution is -2.28. The quantitative estimate of drug-likeness (QED) is 0.758. The maximum absolute atomic E-state index is 12.5. The summed E-state index contributed by atoms with van der Waals surface area (Å²) in [7, 11) is 0. The van der Waals surface area contributed by atoms with E-state index in [-0.39, 0.29) is 12.4 Å². The van der Waals surface area contributed by atoms with Gasteiger partial charge in [-0.1, -0.05) is 29.3 Å². The van der Waals surface area contributed by atoms with Crippen molar-refractivity contribution in [2.24, 2.45) is 0 Å². The van der Waals surface area contributed by atoms with Crippen molar-refractivity contribution < 1.29 is 9.90 Å². The molecule has 0 saturated carbocycles. The summed E-state index contributed by atoms with van der Waals surface area (Å²) >= 11 is 11.8. The number of anilines is 1. The maximum atomic E-state index is 12.5. The average Bonchev–Trinajstić information content (AvgIpc) is 2.89. The summed E-state index contributed by atoms with van der Waals surface area (Å²) in [5, 5.41) is 11.8. The highest BCUT2D eigenvalue weighted by molar-refractivity contribution is 6.42. The molecule has 2 aromatic heterocycles. The van der Waals surface area contributed by atoms with Crippen LogP contribution in [0.1, 0.15) is 5.56 Å². The van der Waals surface area contributed by atoms with E-state index in [2.05, 4.69) is 10.3 Å². The molecule has 0 radical (unpaired) electrons. The first-order valence-corrected chi connectivity index (χ1v) is 7.22. The number of carbonyl (C=O) groups is 1.